The molecule has 0 aliphatic heterocycles. The van der Waals surface area contributed by atoms with E-state index in [0.29, 0.717) is 24.3 Å². The van der Waals surface area contributed by atoms with Gasteiger partial charge in [0.2, 0.25) is 0 Å². The minimum atomic E-state index is -3.32. The zero-order valence-corrected chi connectivity index (χ0v) is 23.4. The van der Waals surface area contributed by atoms with Crippen molar-refractivity contribution in [2.24, 2.45) is 21.3 Å². The third-order valence-corrected chi connectivity index (χ3v) is 7.67. The lowest BCUT2D eigenvalue weighted by atomic mass is 9.99. The van der Waals surface area contributed by atoms with Crippen molar-refractivity contribution in [3.63, 3.8) is 0 Å². The molecule has 0 aromatic heterocycles. The summed E-state index contributed by atoms with van der Waals surface area (Å²) in [5.74, 6) is -1.52. The van der Waals surface area contributed by atoms with Gasteiger partial charge in [-0.3, -0.25) is 14.9 Å². The Balaban J connectivity index is 2.07. The van der Waals surface area contributed by atoms with Gasteiger partial charge in [-0.15, -0.1) is 4.36 Å². The van der Waals surface area contributed by atoms with Crippen molar-refractivity contribution in [3.05, 3.63) is 80.4 Å². The Hall–Kier alpha value is -3.08. The van der Waals surface area contributed by atoms with Gasteiger partial charge in [0.25, 0.3) is 5.91 Å². The quantitative estimate of drug-likeness (QED) is 0.132. The van der Waals surface area contributed by atoms with E-state index in [0.717, 1.165) is 29.9 Å². The van der Waals surface area contributed by atoms with Gasteiger partial charge < -0.3 is 9.53 Å². The number of nitro benzene ring substituents is 1. The summed E-state index contributed by atoms with van der Waals surface area (Å²) in [5, 5.41) is 18.1. The summed E-state index contributed by atoms with van der Waals surface area (Å²) in [5.41, 5.74) is 1.61. The Bertz CT molecular complexity index is 1300. The Morgan fingerprint density at radius 3 is 2.68 bits per heavy atom. The summed E-state index contributed by atoms with van der Waals surface area (Å²) in [6.07, 6.45) is 7.12. The van der Waals surface area contributed by atoms with Gasteiger partial charge in [0.05, 0.1) is 11.5 Å². The molecule has 11 heteroatoms. The summed E-state index contributed by atoms with van der Waals surface area (Å²) in [7, 11) is -3.32. The zero-order chi connectivity index (χ0) is 28.3. The van der Waals surface area contributed by atoms with E-state index >= 15 is 0 Å². The standard InChI is InChI=1S/C27H34ClN3O6S/c1-4-5-7-19(2)18-38(29,36)30-27(33)23-11-13-26(25(15-23)31(34)35)37-17-21(16-32)8-6-9-22-14-24(28)12-10-20(22)3/h4-5,10-16,19,21H,6-9,17-18H2,1-3H3,(H2,29,30,33,36)/b5-4-/t19?,21-,38?/m1/s1. The number of benzene rings is 2. The van der Waals surface area contributed by atoms with Crippen LogP contribution in [0.15, 0.2) is 52.9 Å². The number of nitrogens with two attached hydrogens (primary N) is 1. The molecule has 9 nitrogen and oxygen atoms in total. The molecule has 2 N–H and O–H groups in total. The Morgan fingerprint density at radius 1 is 1.29 bits per heavy atom. The van der Waals surface area contributed by atoms with Crippen LogP contribution in [0, 0.1) is 28.9 Å². The van der Waals surface area contributed by atoms with Crippen molar-refractivity contribution in [2.75, 3.05) is 12.4 Å². The smallest absolute Gasteiger partial charge is 0.311 e. The largest absolute Gasteiger partial charge is 0.486 e. The molecule has 2 aromatic carbocycles. The van der Waals surface area contributed by atoms with E-state index in [4.69, 9.17) is 21.5 Å². The van der Waals surface area contributed by atoms with Gasteiger partial charge >= 0.3 is 5.69 Å². The number of nitro groups is 1. The number of carbonyl (C=O) groups is 2. The molecule has 0 aliphatic rings. The SMILES string of the molecule is C/C=C\CC(C)CS(N)(=O)=NC(=O)c1ccc(OC[C@@H](C=O)CCCc2cc(Cl)ccc2C)c([N+](=O)[O-])c1. The molecular weight excluding hydrogens is 530 g/mol. The molecule has 0 radical (unpaired) electrons. The van der Waals surface area contributed by atoms with E-state index < -0.39 is 32.4 Å². The van der Waals surface area contributed by atoms with E-state index in [2.05, 4.69) is 4.36 Å². The van der Waals surface area contributed by atoms with Crippen molar-refractivity contribution >= 4 is 39.4 Å². The lowest BCUT2D eigenvalue weighted by Gasteiger charge is -2.13. The number of hydrogen-bond donors (Lipinski definition) is 1. The molecule has 0 saturated carbocycles. The fourth-order valence-electron chi connectivity index (χ4n) is 3.84. The van der Waals surface area contributed by atoms with E-state index in [1.54, 1.807) is 0 Å². The van der Waals surface area contributed by atoms with E-state index in [9.17, 15) is 23.9 Å². The molecule has 0 bridgehead atoms. The second-order valence-corrected chi connectivity index (χ2v) is 11.6. The van der Waals surface area contributed by atoms with Crippen molar-refractivity contribution in [1.82, 2.24) is 0 Å². The summed E-state index contributed by atoms with van der Waals surface area (Å²) in [4.78, 5) is 35.1. The third kappa shape index (κ3) is 10.00. The summed E-state index contributed by atoms with van der Waals surface area (Å²) in [6.45, 7) is 5.64. The van der Waals surface area contributed by atoms with Crippen LogP contribution in [0.25, 0.3) is 0 Å². The number of hydrogen-bond acceptors (Lipinski definition) is 6. The summed E-state index contributed by atoms with van der Waals surface area (Å²) < 4.78 is 21.9. The molecule has 2 aromatic rings. The summed E-state index contributed by atoms with van der Waals surface area (Å²) >= 11 is 6.06. The van der Waals surface area contributed by atoms with Gasteiger partial charge in [0.15, 0.2) is 5.75 Å². The molecule has 0 aliphatic carbocycles. The highest BCUT2D eigenvalue weighted by Gasteiger charge is 2.21. The maximum absolute atomic E-state index is 12.6. The van der Waals surface area contributed by atoms with Crippen LogP contribution in [-0.2, 0) is 21.1 Å². The van der Waals surface area contributed by atoms with Gasteiger partial charge in [-0.2, -0.15) is 0 Å². The van der Waals surface area contributed by atoms with Gasteiger partial charge in [-0.05, 0) is 80.8 Å². The molecule has 0 spiro atoms. The first-order chi connectivity index (χ1) is 18.0. The molecule has 2 rings (SSSR count). The summed E-state index contributed by atoms with van der Waals surface area (Å²) in [6, 6.07) is 9.24. The highest BCUT2D eigenvalue weighted by Crippen LogP contribution is 2.29. The maximum Gasteiger partial charge on any atom is 0.311 e. The lowest BCUT2D eigenvalue weighted by Crippen LogP contribution is -2.23. The minimum Gasteiger partial charge on any atom is -0.486 e. The van der Waals surface area contributed by atoms with Crippen molar-refractivity contribution in [2.45, 2.75) is 46.5 Å². The fraction of sp³-hybridized carbons (Fsp3) is 0.407. The number of nitrogens with zero attached hydrogens (tertiary/aromatic N) is 2. The lowest BCUT2D eigenvalue weighted by molar-refractivity contribution is -0.385. The molecular formula is C27H34ClN3O6S. The van der Waals surface area contributed by atoms with Crippen LogP contribution in [0.1, 0.15) is 54.6 Å². The molecule has 206 valence electrons. The van der Waals surface area contributed by atoms with Crippen LogP contribution in [0.5, 0.6) is 5.75 Å². The highest BCUT2D eigenvalue weighted by molar-refractivity contribution is 7.91. The number of carbonyl (C=O) groups excluding carboxylic acids is 2. The predicted octanol–water partition coefficient (Wildman–Crippen LogP) is 5.86. The second kappa shape index (κ2) is 14.8. The Kier molecular flexibility index (Phi) is 12.1. The topological polar surface area (TPSA) is 142 Å². The molecule has 0 saturated heterocycles. The monoisotopic (exact) mass is 563 g/mol. The van der Waals surface area contributed by atoms with E-state index in [1.165, 1.54) is 12.1 Å². The van der Waals surface area contributed by atoms with Gasteiger partial charge in [0.1, 0.15) is 16.2 Å². The molecule has 0 heterocycles. The average molecular weight is 564 g/mol. The molecule has 38 heavy (non-hydrogen) atoms. The molecule has 0 fully saturated rings. The Labute approximate surface area is 228 Å². The van der Waals surface area contributed by atoms with Crippen LogP contribution >= 0.6 is 11.6 Å². The zero-order valence-electron chi connectivity index (χ0n) is 21.8. The molecule has 1 amide bonds. The van der Waals surface area contributed by atoms with Crippen LogP contribution in [-0.4, -0.2) is 33.7 Å². The number of halogens is 1. The molecule has 3 atom stereocenters. The average Bonchev–Trinajstić information content (AvgIpc) is 2.85. The number of aryl methyl sites for hydroxylation is 2. The minimum absolute atomic E-state index is 0.0102. The van der Waals surface area contributed by atoms with Gasteiger partial charge in [0, 0.05) is 28.3 Å². The van der Waals surface area contributed by atoms with Crippen molar-refractivity contribution in [1.29, 1.82) is 0 Å². The van der Waals surface area contributed by atoms with Crippen LogP contribution < -0.4 is 9.88 Å². The Morgan fingerprint density at radius 2 is 2.03 bits per heavy atom. The van der Waals surface area contributed by atoms with E-state index in [-0.39, 0.29) is 29.6 Å². The third-order valence-electron chi connectivity index (χ3n) is 5.92. The highest BCUT2D eigenvalue weighted by atomic mass is 35.5. The second-order valence-electron chi connectivity index (χ2n) is 9.27. The van der Waals surface area contributed by atoms with Crippen LogP contribution in [0.3, 0.4) is 0 Å². The number of allylic oxidation sites excluding steroid dienone is 2. The number of amides is 1. The van der Waals surface area contributed by atoms with Crippen molar-refractivity contribution in [3.8, 4) is 5.75 Å². The van der Waals surface area contributed by atoms with E-state index in [1.807, 2.05) is 51.1 Å². The number of aldehydes is 1. The predicted molar refractivity (Wildman–Crippen MR) is 150 cm³/mol. The fourth-order valence-corrected chi connectivity index (χ4v) is 5.45. The van der Waals surface area contributed by atoms with Crippen LogP contribution in [0.4, 0.5) is 5.69 Å². The number of rotatable bonds is 14. The first-order valence-electron chi connectivity index (χ1n) is 12.2. The van der Waals surface area contributed by atoms with Gasteiger partial charge in [-0.25, -0.2) is 9.35 Å². The number of ether oxygens (including phenoxy) is 1. The first-order valence-corrected chi connectivity index (χ1v) is 14.4. The normalized spacial score (nSPS) is 14.4. The van der Waals surface area contributed by atoms with Crippen LogP contribution in [0.2, 0.25) is 5.02 Å². The molecule has 2 unspecified atom stereocenters. The first kappa shape index (κ1) is 31.1. The van der Waals surface area contributed by atoms with Crippen molar-refractivity contribution < 1.29 is 23.5 Å². The maximum atomic E-state index is 12.6. The van der Waals surface area contributed by atoms with Gasteiger partial charge in [-0.1, -0.05) is 36.7 Å².